The second-order valence-corrected chi connectivity index (χ2v) is 6.26. The fourth-order valence-corrected chi connectivity index (χ4v) is 2.89. The number of piperidine rings is 1. The molecule has 0 radical (unpaired) electrons. The highest BCUT2D eigenvalue weighted by Gasteiger charge is 2.21. The summed E-state index contributed by atoms with van der Waals surface area (Å²) in [7, 11) is 3.42. The molecule has 2 N–H and O–H groups in total. The molecule has 1 aliphatic rings. The summed E-state index contributed by atoms with van der Waals surface area (Å²) >= 11 is 0. The summed E-state index contributed by atoms with van der Waals surface area (Å²) in [6.45, 7) is 2.95. The van der Waals surface area contributed by atoms with Crippen LogP contribution in [0.3, 0.4) is 0 Å². The van der Waals surface area contributed by atoms with Crippen LogP contribution in [0.2, 0.25) is 0 Å². The van der Waals surface area contributed by atoms with Crippen molar-refractivity contribution in [2.24, 2.45) is 7.05 Å². The molecule has 26 heavy (non-hydrogen) atoms. The number of anilines is 1. The third-order valence-electron chi connectivity index (χ3n) is 4.38. The van der Waals surface area contributed by atoms with E-state index < -0.39 is 0 Å². The first kappa shape index (κ1) is 18.3. The second kappa shape index (κ2) is 8.77. The molecule has 0 unspecified atom stereocenters. The maximum atomic E-state index is 12.5. The molecule has 140 valence electrons. The largest absolute Gasteiger partial charge is 0.491 e. The van der Waals surface area contributed by atoms with Crippen molar-refractivity contribution in [1.29, 1.82) is 0 Å². The lowest BCUT2D eigenvalue weighted by Gasteiger charge is -2.19. The van der Waals surface area contributed by atoms with Crippen molar-refractivity contribution in [2.45, 2.75) is 18.8 Å². The number of benzene rings is 1. The van der Waals surface area contributed by atoms with Gasteiger partial charge in [0.25, 0.3) is 5.91 Å². The van der Waals surface area contributed by atoms with Gasteiger partial charge in [-0.3, -0.25) is 10.1 Å². The first-order valence-corrected chi connectivity index (χ1v) is 8.82. The zero-order valence-electron chi connectivity index (χ0n) is 15.2. The minimum atomic E-state index is -0.221. The molecule has 0 saturated carbocycles. The second-order valence-electron chi connectivity index (χ2n) is 6.26. The van der Waals surface area contributed by atoms with Crippen LogP contribution in [-0.2, 0) is 11.8 Å². The molecule has 8 nitrogen and oxygen atoms in total. The van der Waals surface area contributed by atoms with E-state index in [1.165, 1.54) is 0 Å². The summed E-state index contributed by atoms with van der Waals surface area (Å²) in [5.74, 6) is 2.08. The Kier molecular flexibility index (Phi) is 6.19. The molecule has 0 bridgehead atoms. The van der Waals surface area contributed by atoms with E-state index in [1.807, 2.05) is 0 Å². The molecule has 1 amide bonds. The number of aromatic nitrogens is 3. The topological polar surface area (TPSA) is 90.3 Å². The first-order valence-electron chi connectivity index (χ1n) is 8.82. The number of carbonyl (C=O) groups is 1. The Labute approximate surface area is 152 Å². The molecule has 1 aromatic heterocycles. The van der Waals surface area contributed by atoms with Crippen LogP contribution >= 0.6 is 0 Å². The van der Waals surface area contributed by atoms with Gasteiger partial charge in [-0.15, -0.1) is 0 Å². The summed E-state index contributed by atoms with van der Waals surface area (Å²) < 4.78 is 12.1. The van der Waals surface area contributed by atoms with Gasteiger partial charge in [-0.25, -0.2) is 4.68 Å². The third kappa shape index (κ3) is 4.59. The van der Waals surface area contributed by atoms with Crippen molar-refractivity contribution < 1.29 is 14.3 Å². The number of rotatable bonds is 7. The van der Waals surface area contributed by atoms with Gasteiger partial charge in [0.05, 0.1) is 6.61 Å². The van der Waals surface area contributed by atoms with Gasteiger partial charge in [0.15, 0.2) is 5.82 Å². The Morgan fingerprint density at radius 1 is 1.27 bits per heavy atom. The summed E-state index contributed by atoms with van der Waals surface area (Å²) in [5.41, 5.74) is 0.538. The first-order chi connectivity index (χ1) is 12.7. The average Bonchev–Trinajstić information content (AvgIpc) is 3.04. The minimum Gasteiger partial charge on any atom is -0.491 e. The molecule has 2 heterocycles. The van der Waals surface area contributed by atoms with Crippen molar-refractivity contribution in [3.8, 4) is 5.75 Å². The lowest BCUT2D eigenvalue weighted by Crippen LogP contribution is -2.27. The van der Waals surface area contributed by atoms with Crippen LogP contribution in [0.4, 0.5) is 5.95 Å². The number of nitrogens with zero attached hydrogens (tertiary/aromatic N) is 3. The van der Waals surface area contributed by atoms with Crippen LogP contribution in [-0.4, -0.2) is 54.1 Å². The summed E-state index contributed by atoms with van der Waals surface area (Å²) in [4.78, 5) is 17.0. The van der Waals surface area contributed by atoms with Crippen LogP contribution in [0.25, 0.3) is 0 Å². The zero-order valence-corrected chi connectivity index (χ0v) is 15.2. The van der Waals surface area contributed by atoms with Gasteiger partial charge in [-0.1, -0.05) is 0 Å². The van der Waals surface area contributed by atoms with Crippen molar-refractivity contribution >= 4 is 11.9 Å². The van der Waals surface area contributed by atoms with Crippen molar-refractivity contribution in [1.82, 2.24) is 20.1 Å². The highest BCUT2D eigenvalue weighted by molar-refractivity contribution is 6.03. The van der Waals surface area contributed by atoms with Gasteiger partial charge in [0, 0.05) is 25.6 Å². The number of carbonyl (C=O) groups excluding carboxylic acids is 1. The van der Waals surface area contributed by atoms with E-state index in [-0.39, 0.29) is 5.91 Å². The molecule has 2 aromatic rings. The molecule has 1 saturated heterocycles. The number of methoxy groups -OCH3 is 1. The van der Waals surface area contributed by atoms with E-state index in [2.05, 4.69) is 20.7 Å². The molecule has 3 rings (SSSR count). The Hall–Kier alpha value is -2.45. The van der Waals surface area contributed by atoms with Gasteiger partial charge in [-0.2, -0.15) is 10.1 Å². The van der Waals surface area contributed by atoms with Gasteiger partial charge >= 0.3 is 0 Å². The summed E-state index contributed by atoms with van der Waals surface area (Å²) in [5, 5.41) is 10.6. The normalized spacial score (nSPS) is 15.0. The maximum absolute atomic E-state index is 12.5. The Balaban J connectivity index is 1.61. The molecule has 0 atom stereocenters. The fourth-order valence-electron chi connectivity index (χ4n) is 2.89. The smallest absolute Gasteiger partial charge is 0.258 e. The monoisotopic (exact) mass is 359 g/mol. The number of hydrogen-bond donors (Lipinski definition) is 2. The molecule has 8 heteroatoms. The molecular formula is C18H25N5O3. The third-order valence-corrected chi connectivity index (χ3v) is 4.38. The molecule has 0 aliphatic carbocycles. The standard InChI is InChI=1S/C18H25N5O3/c1-23-18(20-16(22-23)13-7-9-19-10-8-13)21-17(24)14-3-5-15(6-4-14)26-12-11-25-2/h3-6,13,19H,7-12H2,1-2H3,(H,20,21,22,24). The van der Waals surface area contributed by atoms with Gasteiger partial charge in [0.2, 0.25) is 5.95 Å². The minimum absolute atomic E-state index is 0.221. The van der Waals surface area contributed by atoms with E-state index in [1.54, 1.807) is 43.1 Å². The number of hydrogen-bond acceptors (Lipinski definition) is 6. The van der Waals surface area contributed by atoms with E-state index >= 15 is 0 Å². The Morgan fingerprint density at radius 2 is 2.00 bits per heavy atom. The molecule has 1 aromatic carbocycles. The molecule has 0 spiro atoms. The van der Waals surface area contributed by atoms with E-state index in [9.17, 15) is 4.79 Å². The summed E-state index contributed by atoms with van der Waals surface area (Å²) in [6, 6.07) is 6.98. The van der Waals surface area contributed by atoms with Crippen molar-refractivity contribution in [3.05, 3.63) is 35.7 Å². The van der Waals surface area contributed by atoms with Crippen LogP contribution in [0.15, 0.2) is 24.3 Å². The van der Waals surface area contributed by atoms with E-state index in [0.717, 1.165) is 31.8 Å². The van der Waals surface area contributed by atoms with E-state index in [0.29, 0.717) is 36.4 Å². The van der Waals surface area contributed by atoms with Gasteiger partial charge in [0.1, 0.15) is 12.4 Å². The predicted molar refractivity (Wildman–Crippen MR) is 97.6 cm³/mol. The Morgan fingerprint density at radius 3 is 2.69 bits per heavy atom. The number of nitrogens with one attached hydrogen (secondary N) is 2. The van der Waals surface area contributed by atoms with Gasteiger partial charge in [-0.05, 0) is 50.2 Å². The average molecular weight is 359 g/mol. The number of ether oxygens (including phenoxy) is 2. The molecule has 1 aliphatic heterocycles. The lowest BCUT2D eigenvalue weighted by molar-refractivity contribution is 0.102. The highest BCUT2D eigenvalue weighted by Crippen LogP contribution is 2.23. The molecular weight excluding hydrogens is 334 g/mol. The maximum Gasteiger partial charge on any atom is 0.258 e. The zero-order chi connectivity index (χ0) is 18.4. The summed E-state index contributed by atoms with van der Waals surface area (Å²) in [6.07, 6.45) is 2.03. The van der Waals surface area contributed by atoms with E-state index in [4.69, 9.17) is 9.47 Å². The Bertz CT molecular complexity index is 723. The van der Waals surface area contributed by atoms with Crippen LogP contribution in [0, 0.1) is 0 Å². The van der Waals surface area contributed by atoms with Crippen molar-refractivity contribution in [2.75, 3.05) is 38.7 Å². The highest BCUT2D eigenvalue weighted by atomic mass is 16.5. The quantitative estimate of drug-likeness (QED) is 0.729. The lowest BCUT2D eigenvalue weighted by atomic mass is 9.98. The SMILES string of the molecule is COCCOc1ccc(C(=O)Nc2nc(C3CCNCC3)nn2C)cc1. The van der Waals surface area contributed by atoms with Gasteiger partial charge < -0.3 is 14.8 Å². The molecule has 1 fully saturated rings. The van der Waals surface area contributed by atoms with Crippen LogP contribution < -0.4 is 15.4 Å². The number of aryl methyl sites for hydroxylation is 1. The van der Waals surface area contributed by atoms with Crippen LogP contribution in [0.5, 0.6) is 5.75 Å². The van der Waals surface area contributed by atoms with Crippen LogP contribution in [0.1, 0.15) is 34.9 Å². The predicted octanol–water partition coefficient (Wildman–Crippen LogP) is 1.56. The number of amides is 1. The van der Waals surface area contributed by atoms with Crippen molar-refractivity contribution in [3.63, 3.8) is 0 Å². The fraction of sp³-hybridized carbons (Fsp3) is 0.500.